The number of carbonyl (C=O) groups is 1. The largest absolute Gasteiger partial charge is 0.503 e. The molecule has 0 aliphatic carbocycles. The number of aromatic nitrogens is 3. The lowest BCUT2D eigenvalue weighted by Gasteiger charge is -2.39. The van der Waals surface area contributed by atoms with Crippen molar-refractivity contribution < 1.29 is 19.0 Å². The van der Waals surface area contributed by atoms with Crippen LogP contribution >= 0.6 is 11.3 Å². The molecule has 1 amide bonds. The zero-order valence-electron chi connectivity index (χ0n) is 18.6. The predicted molar refractivity (Wildman–Crippen MR) is 122 cm³/mol. The summed E-state index contributed by atoms with van der Waals surface area (Å²) >= 11 is 1.22. The van der Waals surface area contributed by atoms with Crippen molar-refractivity contribution >= 4 is 17.2 Å². The van der Waals surface area contributed by atoms with Gasteiger partial charge in [0.05, 0.1) is 18.2 Å². The van der Waals surface area contributed by atoms with E-state index in [9.17, 15) is 19.1 Å². The highest BCUT2D eigenvalue weighted by atomic mass is 32.1. The van der Waals surface area contributed by atoms with E-state index in [-0.39, 0.29) is 35.1 Å². The molecule has 33 heavy (non-hydrogen) atoms. The molecule has 0 spiro atoms. The molecule has 0 unspecified atom stereocenters. The van der Waals surface area contributed by atoms with Crippen molar-refractivity contribution in [3.05, 3.63) is 62.8 Å². The molecule has 4 rings (SSSR count). The minimum atomic E-state index is -0.666. The third-order valence-corrected chi connectivity index (χ3v) is 6.88. The molecule has 0 saturated carbocycles. The SMILES string of the molecule is CC[C@@H](C)N1C[C@@H](COC)n2cc(-c3nnc(Cc4ccc(F)cc4)s3)c(=O)c(O)c2C1=O. The highest BCUT2D eigenvalue weighted by Gasteiger charge is 2.36. The molecule has 0 fully saturated rings. The Morgan fingerprint density at radius 1 is 1.27 bits per heavy atom. The molecule has 1 aliphatic heterocycles. The molecule has 3 aromatic rings. The van der Waals surface area contributed by atoms with Crippen LogP contribution in [0.5, 0.6) is 5.75 Å². The predicted octanol–water partition coefficient (Wildman–Crippen LogP) is 3.24. The summed E-state index contributed by atoms with van der Waals surface area (Å²) in [5.74, 6) is -1.30. The second-order valence-electron chi connectivity index (χ2n) is 8.10. The van der Waals surface area contributed by atoms with Gasteiger partial charge in [-0.15, -0.1) is 10.2 Å². The number of benzene rings is 1. The van der Waals surface area contributed by atoms with Crippen molar-refractivity contribution in [2.75, 3.05) is 20.3 Å². The fourth-order valence-electron chi connectivity index (χ4n) is 3.94. The lowest BCUT2D eigenvalue weighted by molar-refractivity contribution is 0.0488. The van der Waals surface area contributed by atoms with E-state index in [1.54, 1.807) is 34.9 Å². The van der Waals surface area contributed by atoms with Crippen LogP contribution in [0.4, 0.5) is 4.39 Å². The first-order valence-corrected chi connectivity index (χ1v) is 11.5. The van der Waals surface area contributed by atoms with E-state index in [0.29, 0.717) is 29.6 Å². The van der Waals surface area contributed by atoms with Gasteiger partial charge in [0.15, 0.2) is 16.5 Å². The fourth-order valence-corrected chi connectivity index (χ4v) is 4.82. The number of amides is 1. The van der Waals surface area contributed by atoms with Gasteiger partial charge in [-0.1, -0.05) is 30.4 Å². The van der Waals surface area contributed by atoms with Crippen molar-refractivity contribution in [2.45, 2.75) is 38.8 Å². The summed E-state index contributed by atoms with van der Waals surface area (Å²) in [6.07, 6.45) is 2.75. The molecular weight excluding hydrogens is 447 g/mol. The third kappa shape index (κ3) is 4.40. The van der Waals surface area contributed by atoms with Crippen LogP contribution in [0.1, 0.15) is 47.4 Å². The molecule has 2 atom stereocenters. The number of halogens is 1. The summed E-state index contributed by atoms with van der Waals surface area (Å²) in [5.41, 5.74) is 0.333. The summed E-state index contributed by atoms with van der Waals surface area (Å²) in [6.45, 7) is 4.63. The Balaban J connectivity index is 1.73. The maximum Gasteiger partial charge on any atom is 0.274 e. The van der Waals surface area contributed by atoms with Gasteiger partial charge in [0.25, 0.3) is 5.91 Å². The number of methoxy groups -OCH3 is 1. The maximum atomic E-state index is 13.2. The quantitative estimate of drug-likeness (QED) is 0.567. The first kappa shape index (κ1) is 23.1. The summed E-state index contributed by atoms with van der Waals surface area (Å²) in [5, 5.41) is 20.1. The molecule has 3 heterocycles. The molecule has 8 nitrogen and oxygen atoms in total. The summed E-state index contributed by atoms with van der Waals surface area (Å²) in [7, 11) is 1.57. The number of hydrogen-bond donors (Lipinski definition) is 1. The first-order valence-electron chi connectivity index (χ1n) is 10.7. The molecule has 10 heteroatoms. The van der Waals surface area contributed by atoms with Gasteiger partial charge < -0.3 is 19.3 Å². The summed E-state index contributed by atoms with van der Waals surface area (Å²) in [4.78, 5) is 27.8. The zero-order chi connectivity index (χ0) is 23.7. The maximum absolute atomic E-state index is 13.2. The monoisotopic (exact) mass is 472 g/mol. The van der Waals surface area contributed by atoms with Crippen LogP contribution in [-0.2, 0) is 11.2 Å². The van der Waals surface area contributed by atoms with Gasteiger partial charge in [-0.25, -0.2) is 4.39 Å². The van der Waals surface area contributed by atoms with Gasteiger partial charge in [0.2, 0.25) is 5.43 Å². The number of carbonyl (C=O) groups excluding carboxylic acids is 1. The van der Waals surface area contributed by atoms with E-state index >= 15 is 0 Å². The standard InChI is InChI=1S/C23H25FN4O4S/c1-4-13(2)27-10-16(12-32-3)28-11-17(20(29)21(30)19(28)23(27)31)22-26-25-18(33-22)9-14-5-7-15(24)8-6-14/h5-8,11,13,16,30H,4,9-10,12H2,1-3H3/t13-,16+/m1/s1. The summed E-state index contributed by atoms with van der Waals surface area (Å²) < 4.78 is 20.1. The molecule has 0 bridgehead atoms. The molecule has 174 valence electrons. The van der Waals surface area contributed by atoms with Crippen molar-refractivity contribution in [1.82, 2.24) is 19.7 Å². The number of rotatable bonds is 7. The van der Waals surface area contributed by atoms with E-state index < -0.39 is 11.2 Å². The van der Waals surface area contributed by atoms with Gasteiger partial charge >= 0.3 is 0 Å². The number of nitrogens with zero attached hydrogens (tertiary/aromatic N) is 4. The van der Waals surface area contributed by atoms with E-state index in [4.69, 9.17) is 4.74 Å². The Morgan fingerprint density at radius 2 is 2.00 bits per heavy atom. The Bertz CT molecular complexity index is 1220. The molecule has 1 N–H and O–H groups in total. The van der Waals surface area contributed by atoms with E-state index in [2.05, 4.69) is 10.2 Å². The topological polar surface area (TPSA) is 97.6 Å². The van der Waals surface area contributed by atoms with Gasteiger partial charge in [-0.2, -0.15) is 0 Å². The van der Waals surface area contributed by atoms with Crippen LogP contribution in [0.2, 0.25) is 0 Å². The molecule has 0 radical (unpaired) electrons. The van der Waals surface area contributed by atoms with Crippen molar-refractivity contribution in [1.29, 1.82) is 0 Å². The minimum Gasteiger partial charge on any atom is -0.503 e. The Labute approximate surface area is 194 Å². The molecular formula is C23H25FN4O4S. The van der Waals surface area contributed by atoms with Crippen molar-refractivity contribution in [3.63, 3.8) is 0 Å². The van der Waals surface area contributed by atoms with Crippen molar-refractivity contribution in [2.24, 2.45) is 0 Å². The average molecular weight is 473 g/mol. The molecule has 1 aliphatic rings. The van der Waals surface area contributed by atoms with Crippen LogP contribution in [0.15, 0.2) is 35.3 Å². The third-order valence-electron chi connectivity index (χ3n) is 5.92. The van der Waals surface area contributed by atoms with Crippen LogP contribution < -0.4 is 5.43 Å². The summed E-state index contributed by atoms with van der Waals surface area (Å²) in [6, 6.07) is 5.77. The number of fused-ring (bicyclic) bond motifs is 1. The Hall–Kier alpha value is -3.11. The van der Waals surface area contributed by atoms with Gasteiger partial charge in [-0.3, -0.25) is 9.59 Å². The van der Waals surface area contributed by atoms with Crippen LogP contribution in [-0.4, -0.2) is 57.0 Å². The van der Waals surface area contributed by atoms with Gasteiger partial charge in [0.1, 0.15) is 10.8 Å². The Morgan fingerprint density at radius 3 is 2.67 bits per heavy atom. The normalized spacial score (nSPS) is 16.7. The van der Waals surface area contributed by atoms with Crippen LogP contribution in [0.25, 0.3) is 10.6 Å². The van der Waals surface area contributed by atoms with E-state index in [1.807, 2.05) is 13.8 Å². The lowest BCUT2D eigenvalue weighted by atomic mass is 10.1. The van der Waals surface area contributed by atoms with E-state index in [0.717, 1.165) is 12.0 Å². The smallest absolute Gasteiger partial charge is 0.274 e. The number of aromatic hydroxyl groups is 1. The number of pyridine rings is 1. The number of hydrogen-bond acceptors (Lipinski definition) is 7. The molecule has 0 saturated heterocycles. The molecule has 1 aromatic carbocycles. The average Bonchev–Trinajstić information content (AvgIpc) is 3.26. The van der Waals surface area contributed by atoms with Crippen molar-refractivity contribution in [3.8, 4) is 16.3 Å². The van der Waals surface area contributed by atoms with Gasteiger partial charge in [-0.05, 0) is 31.0 Å². The lowest BCUT2D eigenvalue weighted by Crippen LogP contribution is -2.49. The second-order valence-corrected chi connectivity index (χ2v) is 9.17. The fraction of sp³-hybridized carbons (Fsp3) is 0.391. The highest BCUT2D eigenvalue weighted by molar-refractivity contribution is 7.14. The Kier molecular flexibility index (Phi) is 6.57. The van der Waals surface area contributed by atoms with E-state index in [1.165, 1.54) is 23.5 Å². The molecule has 2 aromatic heterocycles. The second kappa shape index (κ2) is 9.40. The first-order chi connectivity index (χ1) is 15.8. The van der Waals surface area contributed by atoms with Gasteiger partial charge in [0, 0.05) is 32.3 Å². The number of ether oxygens (including phenoxy) is 1. The van der Waals surface area contributed by atoms with Crippen LogP contribution in [0.3, 0.4) is 0 Å². The highest BCUT2D eigenvalue weighted by Crippen LogP contribution is 2.32. The van der Waals surface area contributed by atoms with Crippen LogP contribution in [0, 0.1) is 5.82 Å². The zero-order valence-corrected chi connectivity index (χ0v) is 19.4. The minimum absolute atomic E-state index is 0.0339.